The molecular formula is C16H11ClF5NO2. The van der Waals surface area contributed by atoms with Gasteiger partial charge in [0.25, 0.3) is 5.91 Å². The molecule has 0 heterocycles. The average Bonchev–Trinajstić information content (AvgIpc) is 2.54. The standard InChI is InChI=1S/C16H11ClF5NO2/c17-12-6-14(19)13(18)5-11(12)15(24)23-7-9-1-3-10(4-2-9)25-8-16(20,21)22/h1-6H,7-8H2,(H,23,24). The quantitative estimate of drug-likeness (QED) is 0.614. The summed E-state index contributed by atoms with van der Waals surface area (Å²) in [6.45, 7) is -1.40. The number of amides is 1. The molecular weight excluding hydrogens is 369 g/mol. The third-order valence-electron chi connectivity index (χ3n) is 3.03. The molecule has 0 spiro atoms. The molecule has 0 saturated carbocycles. The van der Waals surface area contributed by atoms with Crippen LogP contribution in [0.3, 0.4) is 0 Å². The molecule has 0 saturated heterocycles. The number of carbonyl (C=O) groups is 1. The Morgan fingerprint density at radius 2 is 1.68 bits per heavy atom. The van der Waals surface area contributed by atoms with Gasteiger partial charge < -0.3 is 10.1 Å². The highest BCUT2D eigenvalue weighted by Gasteiger charge is 2.28. The lowest BCUT2D eigenvalue weighted by atomic mass is 10.1. The fraction of sp³-hybridized carbons (Fsp3) is 0.188. The van der Waals surface area contributed by atoms with Crippen LogP contribution in [-0.4, -0.2) is 18.7 Å². The van der Waals surface area contributed by atoms with Crippen LogP contribution < -0.4 is 10.1 Å². The molecule has 0 unspecified atom stereocenters. The lowest BCUT2D eigenvalue weighted by Crippen LogP contribution is -2.23. The number of rotatable bonds is 5. The summed E-state index contributed by atoms with van der Waals surface area (Å²) < 4.78 is 66.8. The molecule has 0 aliphatic heterocycles. The van der Waals surface area contributed by atoms with E-state index in [-0.39, 0.29) is 22.9 Å². The van der Waals surface area contributed by atoms with E-state index >= 15 is 0 Å². The van der Waals surface area contributed by atoms with Crippen LogP contribution in [-0.2, 0) is 6.54 Å². The van der Waals surface area contributed by atoms with Crippen LogP contribution in [0.2, 0.25) is 5.02 Å². The summed E-state index contributed by atoms with van der Waals surface area (Å²) in [4.78, 5) is 11.9. The van der Waals surface area contributed by atoms with E-state index in [1.54, 1.807) is 0 Å². The topological polar surface area (TPSA) is 38.3 Å². The molecule has 0 atom stereocenters. The Morgan fingerprint density at radius 3 is 2.28 bits per heavy atom. The number of hydrogen-bond donors (Lipinski definition) is 1. The zero-order valence-electron chi connectivity index (χ0n) is 12.5. The first-order chi connectivity index (χ1) is 11.7. The number of benzene rings is 2. The lowest BCUT2D eigenvalue weighted by molar-refractivity contribution is -0.153. The first-order valence-electron chi connectivity index (χ1n) is 6.87. The van der Waals surface area contributed by atoms with E-state index in [2.05, 4.69) is 10.1 Å². The molecule has 0 fully saturated rings. The van der Waals surface area contributed by atoms with E-state index in [9.17, 15) is 26.7 Å². The summed E-state index contributed by atoms with van der Waals surface area (Å²) in [6.07, 6.45) is -4.43. The molecule has 2 aromatic rings. The molecule has 0 aliphatic rings. The lowest BCUT2D eigenvalue weighted by Gasteiger charge is -2.10. The largest absolute Gasteiger partial charge is 0.484 e. The van der Waals surface area contributed by atoms with Crippen molar-refractivity contribution in [3.05, 3.63) is 64.2 Å². The van der Waals surface area contributed by atoms with Gasteiger partial charge in [-0.2, -0.15) is 13.2 Å². The fourth-order valence-electron chi connectivity index (χ4n) is 1.84. The molecule has 1 amide bonds. The van der Waals surface area contributed by atoms with Gasteiger partial charge in [-0.1, -0.05) is 23.7 Å². The number of carbonyl (C=O) groups excluding carboxylic acids is 1. The van der Waals surface area contributed by atoms with Crippen LogP contribution in [0.25, 0.3) is 0 Å². The second kappa shape index (κ2) is 7.69. The van der Waals surface area contributed by atoms with Crippen molar-refractivity contribution in [2.75, 3.05) is 6.61 Å². The Hall–Kier alpha value is -2.35. The van der Waals surface area contributed by atoms with E-state index in [0.29, 0.717) is 17.7 Å². The molecule has 0 aromatic heterocycles. The van der Waals surface area contributed by atoms with Gasteiger partial charge in [0.2, 0.25) is 0 Å². The second-order valence-corrected chi connectivity index (χ2v) is 5.38. The van der Waals surface area contributed by atoms with Gasteiger partial charge in [0.1, 0.15) is 5.75 Å². The SMILES string of the molecule is O=C(NCc1ccc(OCC(F)(F)F)cc1)c1cc(F)c(F)cc1Cl. The van der Waals surface area contributed by atoms with Gasteiger partial charge in [0, 0.05) is 6.54 Å². The summed E-state index contributed by atoms with van der Waals surface area (Å²) in [5, 5.41) is 2.20. The molecule has 2 rings (SSSR count). The van der Waals surface area contributed by atoms with E-state index < -0.39 is 30.3 Å². The molecule has 0 aliphatic carbocycles. The van der Waals surface area contributed by atoms with Gasteiger partial charge in [0.15, 0.2) is 18.2 Å². The monoisotopic (exact) mass is 379 g/mol. The van der Waals surface area contributed by atoms with Crippen LogP contribution in [0, 0.1) is 11.6 Å². The summed E-state index contributed by atoms with van der Waals surface area (Å²) in [5.74, 6) is -3.07. The highest BCUT2D eigenvalue weighted by molar-refractivity contribution is 6.33. The Labute approximate surface area is 144 Å². The molecule has 2 aromatic carbocycles. The highest BCUT2D eigenvalue weighted by atomic mass is 35.5. The van der Waals surface area contributed by atoms with E-state index in [4.69, 9.17) is 11.6 Å². The number of hydrogen-bond acceptors (Lipinski definition) is 2. The Bertz CT molecular complexity index is 762. The van der Waals surface area contributed by atoms with E-state index in [1.165, 1.54) is 24.3 Å². The maximum absolute atomic E-state index is 13.2. The van der Waals surface area contributed by atoms with Crippen LogP contribution in [0.5, 0.6) is 5.75 Å². The molecule has 0 radical (unpaired) electrons. The minimum Gasteiger partial charge on any atom is -0.484 e. The average molecular weight is 380 g/mol. The van der Waals surface area contributed by atoms with Crippen molar-refractivity contribution in [2.24, 2.45) is 0 Å². The van der Waals surface area contributed by atoms with Gasteiger partial charge in [0.05, 0.1) is 10.6 Å². The molecule has 134 valence electrons. The van der Waals surface area contributed by atoms with Crippen molar-refractivity contribution < 1.29 is 31.5 Å². The molecule has 3 nitrogen and oxygen atoms in total. The third-order valence-corrected chi connectivity index (χ3v) is 3.35. The zero-order valence-corrected chi connectivity index (χ0v) is 13.2. The minimum absolute atomic E-state index is 0.00765. The number of halogens is 6. The smallest absolute Gasteiger partial charge is 0.422 e. The summed E-state index contributed by atoms with van der Waals surface area (Å²) >= 11 is 5.69. The Kier molecular flexibility index (Phi) is 5.84. The van der Waals surface area contributed by atoms with Crippen molar-refractivity contribution >= 4 is 17.5 Å². The predicted molar refractivity (Wildman–Crippen MR) is 80.5 cm³/mol. The van der Waals surface area contributed by atoms with Gasteiger partial charge >= 0.3 is 6.18 Å². The maximum atomic E-state index is 13.2. The number of alkyl halides is 3. The van der Waals surface area contributed by atoms with Crippen molar-refractivity contribution in [3.63, 3.8) is 0 Å². The normalized spacial score (nSPS) is 11.3. The third kappa shape index (κ3) is 5.60. The van der Waals surface area contributed by atoms with Crippen molar-refractivity contribution in [2.45, 2.75) is 12.7 Å². The summed E-state index contributed by atoms with van der Waals surface area (Å²) in [5.41, 5.74) is 0.331. The van der Waals surface area contributed by atoms with Gasteiger partial charge in [-0.15, -0.1) is 0 Å². The van der Waals surface area contributed by atoms with Crippen LogP contribution in [0.1, 0.15) is 15.9 Å². The Balaban J connectivity index is 1.95. The van der Waals surface area contributed by atoms with Crippen LogP contribution in [0.15, 0.2) is 36.4 Å². The number of nitrogens with one attached hydrogen (secondary N) is 1. The van der Waals surface area contributed by atoms with Crippen molar-refractivity contribution in [3.8, 4) is 5.75 Å². The summed E-state index contributed by atoms with van der Waals surface area (Å²) in [7, 11) is 0. The minimum atomic E-state index is -4.43. The van der Waals surface area contributed by atoms with Crippen molar-refractivity contribution in [1.29, 1.82) is 0 Å². The predicted octanol–water partition coefficient (Wildman–Crippen LogP) is 4.49. The van der Waals surface area contributed by atoms with Gasteiger partial charge in [-0.25, -0.2) is 8.78 Å². The first-order valence-corrected chi connectivity index (χ1v) is 7.25. The van der Waals surface area contributed by atoms with E-state index in [0.717, 1.165) is 0 Å². The number of ether oxygens (including phenoxy) is 1. The molecule has 0 bridgehead atoms. The maximum Gasteiger partial charge on any atom is 0.422 e. The highest BCUT2D eigenvalue weighted by Crippen LogP contribution is 2.21. The van der Waals surface area contributed by atoms with Gasteiger partial charge in [-0.05, 0) is 29.8 Å². The van der Waals surface area contributed by atoms with Crippen LogP contribution >= 0.6 is 11.6 Å². The van der Waals surface area contributed by atoms with Gasteiger partial charge in [-0.3, -0.25) is 4.79 Å². The van der Waals surface area contributed by atoms with Crippen LogP contribution in [0.4, 0.5) is 22.0 Å². The molecule has 1 N–H and O–H groups in total. The van der Waals surface area contributed by atoms with Crippen molar-refractivity contribution in [1.82, 2.24) is 5.32 Å². The molecule has 25 heavy (non-hydrogen) atoms. The van der Waals surface area contributed by atoms with E-state index in [1.807, 2.05) is 0 Å². The first kappa shape index (κ1) is 19.0. The fourth-order valence-corrected chi connectivity index (χ4v) is 2.08. The molecule has 9 heteroatoms. The Morgan fingerprint density at radius 1 is 1.08 bits per heavy atom. The second-order valence-electron chi connectivity index (χ2n) is 4.98. The summed E-state index contributed by atoms with van der Waals surface area (Å²) in [6, 6.07) is 6.92. The zero-order chi connectivity index (χ0) is 18.6.